The normalized spacial score (nSPS) is 11.3. The van der Waals surface area contributed by atoms with Gasteiger partial charge >= 0.3 is 0 Å². The predicted octanol–water partition coefficient (Wildman–Crippen LogP) is 2.96. The van der Waals surface area contributed by atoms with Gasteiger partial charge in [-0.25, -0.2) is 0 Å². The Morgan fingerprint density at radius 3 is 2.24 bits per heavy atom. The maximum absolute atomic E-state index is 5.47. The first kappa shape index (κ1) is 17.9. The van der Waals surface area contributed by atoms with Gasteiger partial charge in [-0.15, -0.1) is 0 Å². The van der Waals surface area contributed by atoms with Gasteiger partial charge in [-0.2, -0.15) is 0 Å². The van der Waals surface area contributed by atoms with Crippen molar-refractivity contribution >= 4 is 0 Å². The fourth-order valence-corrected chi connectivity index (χ4v) is 2.06. The topological polar surface area (TPSA) is 50.1 Å². The van der Waals surface area contributed by atoms with E-state index in [0.717, 1.165) is 39.1 Å². The van der Waals surface area contributed by atoms with Gasteiger partial charge in [0.15, 0.2) is 0 Å². The maximum atomic E-state index is 5.47. The third-order valence-electron chi connectivity index (χ3n) is 3.39. The van der Waals surface area contributed by atoms with Gasteiger partial charge < -0.3 is 16.4 Å². The van der Waals surface area contributed by atoms with E-state index in [9.17, 15) is 0 Å². The molecule has 0 bridgehead atoms. The zero-order valence-corrected chi connectivity index (χ0v) is 13.4. The molecule has 0 aliphatic rings. The average Bonchev–Trinajstić information content (AvgIpc) is 2.52. The fourth-order valence-electron chi connectivity index (χ4n) is 2.06. The summed E-state index contributed by atoms with van der Waals surface area (Å²) in [5, 5.41) is 6.84. The minimum atomic E-state index is 0.754. The van der Waals surface area contributed by atoms with Crippen LogP contribution >= 0.6 is 0 Å². The summed E-state index contributed by atoms with van der Waals surface area (Å²) in [5.74, 6) is 0. The number of rotatable bonds is 12. The summed E-state index contributed by atoms with van der Waals surface area (Å²) >= 11 is 0. The van der Waals surface area contributed by atoms with E-state index in [1.165, 1.54) is 30.4 Å². The van der Waals surface area contributed by atoms with E-state index in [2.05, 4.69) is 54.0 Å². The van der Waals surface area contributed by atoms with Gasteiger partial charge in [0.2, 0.25) is 0 Å². The Balaban J connectivity index is 2.14. The Morgan fingerprint density at radius 1 is 0.952 bits per heavy atom. The summed E-state index contributed by atoms with van der Waals surface area (Å²) in [4.78, 5) is 0. The van der Waals surface area contributed by atoms with Crippen molar-refractivity contribution in [3.63, 3.8) is 0 Å². The number of benzene rings is 1. The Kier molecular flexibility index (Phi) is 10.7. The van der Waals surface area contributed by atoms with Gasteiger partial charge in [-0.05, 0) is 37.1 Å². The molecule has 3 heteroatoms. The second kappa shape index (κ2) is 12.6. The van der Waals surface area contributed by atoms with Crippen LogP contribution in [0.3, 0.4) is 0 Å². The fraction of sp³-hybridized carbons (Fsp3) is 0.556. The lowest BCUT2D eigenvalue weighted by atomic mass is 10.1. The van der Waals surface area contributed by atoms with Crippen LogP contribution in [0.4, 0.5) is 0 Å². The van der Waals surface area contributed by atoms with E-state index >= 15 is 0 Å². The first-order valence-electron chi connectivity index (χ1n) is 8.21. The Bertz CT molecular complexity index is 371. The number of allylic oxidation sites excluding steroid dienone is 1. The highest BCUT2D eigenvalue weighted by Crippen LogP contribution is 2.04. The number of hydrogen-bond donors (Lipinski definition) is 3. The van der Waals surface area contributed by atoms with Crippen LogP contribution in [0.25, 0.3) is 0 Å². The summed E-state index contributed by atoms with van der Waals surface area (Å²) < 4.78 is 0. The summed E-state index contributed by atoms with van der Waals surface area (Å²) in [6, 6.07) is 8.80. The molecule has 0 unspecified atom stereocenters. The van der Waals surface area contributed by atoms with Crippen LogP contribution in [0.5, 0.6) is 0 Å². The molecule has 21 heavy (non-hydrogen) atoms. The molecule has 1 aromatic rings. The molecule has 0 heterocycles. The Labute approximate surface area is 130 Å². The average molecular weight is 289 g/mol. The largest absolute Gasteiger partial charge is 0.330 e. The molecule has 3 nitrogen and oxygen atoms in total. The summed E-state index contributed by atoms with van der Waals surface area (Å²) in [5.41, 5.74) is 8.13. The molecule has 0 saturated heterocycles. The van der Waals surface area contributed by atoms with E-state index in [1.54, 1.807) is 0 Å². The van der Waals surface area contributed by atoms with Crippen molar-refractivity contribution < 1.29 is 0 Å². The van der Waals surface area contributed by atoms with Crippen molar-refractivity contribution in [1.29, 1.82) is 0 Å². The van der Waals surface area contributed by atoms with Gasteiger partial charge in [0, 0.05) is 19.6 Å². The van der Waals surface area contributed by atoms with Crippen molar-refractivity contribution in [2.24, 2.45) is 5.73 Å². The van der Waals surface area contributed by atoms with Crippen molar-refractivity contribution in [3.8, 4) is 0 Å². The number of hydrogen-bond acceptors (Lipinski definition) is 3. The molecule has 118 valence electrons. The van der Waals surface area contributed by atoms with Gasteiger partial charge in [-0.1, -0.05) is 56.2 Å². The minimum Gasteiger partial charge on any atom is -0.330 e. The molecule has 0 aliphatic carbocycles. The highest BCUT2D eigenvalue weighted by Gasteiger charge is 1.94. The molecule has 0 fully saturated rings. The first-order valence-corrected chi connectivity index (χ1v) is 8.21. The molecule has 0 spiro atoms. The number of nitrogens with one attached hydrogen (secondary N) is 2. The van der Waals surface area contributed by atoms with Crippen LogP contribution in [0.2, 0.25) is 0 Å². The maximum Gasteiger partial charge on any atom is 0.0208 e. The van der Waals surface area contributed by atoms with Crippen molar-refractivity contribution in [3.05, 3.63) is 47.5 Å². The highest BCUT2D eigenvalue weighted by atomic mass is 14.9. The zero-order valence-electron chi connectivity index (χ0n) is 13.4. The van der Waals surface area contributed by atoms with Gasteiger partial charge in [0.1, 0.15) is 0 Å². The summed E-state index contributed by atoms with van der Waals surface area (Å²) in [6.07, 6.45) is 9.29. The van der Waals surface area contributed by atoms with E-state index in [0.29, 0.717) is 0 Å². The van der Waals surface area contributed by atoms with Crippen LogP contribution in [0.1, 0.15) is 43.7 Å². The first-order chi connectivity index (χ1) is 10.4. The van der Waals surface area contributed by atoms with Crippen LogP contribution in [0.15, 0.2) is 36.4 Å². The van der Waals surface area contributed by atoms with E-state index < -0.39 is 0 Å². The molecule has 0 radical (unpaired) electrons. The molecule has 0 amide bonds. The Morgan fingerprint density at radius 2 is 1.62 bits per heavy atom. The van der Waals surface area contributed by atoms with E-state index in [4.69, 9.17) is 5.73 Å². The second-order valence-electron chi connectivity index (χ2n) is 5.38. The molecule has 1 rings (SSSR count). The smallest absolute Gasteiger partial charge is 0.0208 e. The van der Waals surface area contributed by atoms with Crippen molar-refractivity contribution in [2.75, 3.05) is 19.6 Å². The van der Waals surface area contributed by atoms with Crippen LogP contribution in [0, 0.1) is 0 Å². The third-order valence-corrected chi connectivity index (χ3v) is 3.39. The Hall–Kier alpha value is -1.16. The number of unbranched alkanes of at least 4 members (excludes halogenated alkanes) is 2. The zero-order chi connectivity index (χ0) is 15.2. The van der Waals surface area contributed by atoms with Crippen LogP contribution < -0.4 is 16.4 Å². The molecule has 0 saturated carbocycles. The van der Waals surface area contributed by atoms with Gasteiger partial charge in [0.05, 0.1) is 0 Å². The summed E-state index contributed by atoms with van der Waals surface area (Å²) in [6.45, 7) is 6.77. The SMILES string of the molecule is CCCC/C=C/CNCc1ccc(CNCCCN)cc1. The van der Waals surface area contributed by atoms with Gasteiger partial charge in [0.25, 0.3) is 0 Å². The highest BCUT2D eigenvalue weighted by molar-refractivity contribution is 5.22. The lowest BCUT2D eigenvalue weighted by Crippen LogP contribution is -2.17. The second-order valence-corrected chi connectivity index (χ2v) is 5.38. The van der Waals surface area contributed by atoms with Crippen LogP contribution in [-0.2, 0) is 13.1 Å². The molecular formula is C18H31N3. The molecule has 0 atom stereocenters. The predicted molar refractivity (Wildman–Crippen MR) is 92.2 cm³/mol. The van der Waals surface area contributed by atoms with Crippen molar-refractivity contribution in [2.45, 2.75) is 45.7 Å². The molecule has 4 N–H and O–H groups in total. The molecular weight excluding hydrogens is 258 g/mol. The van der Waals surface area contributed by atoms with Gasteiger partial charge in [-0.3, -0.25) is 0 Å². The standard InChI is InChI=1S/C18H31N3/c1-2-3-4-5-6-13-20-15-17-8-10-18(11-9-17)16-21-14-7-12-19/h5-6,8-11,20-21H,2-4,7,12-16,19H2,1H3/b6-5+. The third kappa shape index (κ3) is 9.40. The monoisotopic (exact) mass is 289 g/mol. The molecule has 0 aliphatic heterocycles. The summed E-state index contributed by atoms with van der Waals surface area (Å²) in [7, 11) is 0. The van der Waals surface area contributed by atoms with E-state index in [-0.39, 0.29) is 0 Å². The quantitative estimate of drug-likeness (QED) is 0.409. The lowest BCUT2D eigenvalue weighted by Gasteiger charge is -2.06. The molecule has 1 aromatic carbocycles. The van der Waals surface area contributed by atoms with E-state index in [1.807, 2.05) is 0 Å². The number of nitrogens with two attached hydrogens (primary N) is 1. The van der Waals surface area contributed by atoms with Crippen LogP contribution in [-0.4, -0.2) is 19.6 Å². The molecule has 0 aromatic heterocycles. The van der Waals surface area contributed by atoms with Crippen molar-refractivity contribution in [1.82, 2.24) is 10.6 Å². The minimum absolute atomic E-state index is 0.754. The lowest BCUT2D eigenvalue weighted by molar-refractivity contribution is 0.655.